The second kappa shape index (κ2) is 7.46. The van der Waals surface area contributed by atoms with E-state index in [0.29, 0.717) is 18.7 Å². The molecule has 3 aromatic rings. The zero-order valence-electron chi connectivity index (χ0n) is 16.1. The van der Waals surface area contributed by atoms with Crippen molar-refractivity contribution in [3.8, 4) is 11.3 Å². The lowest BCUT2D eigenvalue weighted by Crippen LogP contribution is -2.40. The van der Waals surface area contributed by atoms with Crippen LogP contribution in [0.5, 0.6) is 0 Å². The molecule has 1 atom stereocenters. The molecule has 8 heteroatoms. The van der Waals surface area contributed by atoms with E-state index in [0.717, 1.165) is 36.5 Å². The predicted molar refractivity (Wildman–Crippen MR) is 105 cm³/mol. The standard InChI is InChI=1S/C20H24N6O2/c1-3-26-18(23-24(2)20(26)28)16-5-4-12-25(13-16)19(27)15-8-6-14(7-9-15)17-10-11-21-22-17/h6-11,16H,3-5,12-13H2,1-2H3,(H,21,22)/t16-/m0/s1. The third-order valence-corrected chi connectivity index (χ3v) is 5.37. The van der Waals surface area contributed by atoms with E-state index in [2.05, 4.69) is 15.3 Å². The molecular formula is C20H24N6O2. The Morgan fingerprint density at radius 1 is 1.25 bits per heavy atom. The molecule has 0 saturated carbocycles. The Labute approximate surface area is 162 Å². The van der Waals surface area contributed by atoms with Crippen molar-refractivity contribution in [2.45, 2.75) is 32.2 Å². The van der Waals surface area contributed by atoms with Crippen LogP contribution in [0.4, 0.5) is 0 Å². The number of hydrogen-bond donors (Lipinski definition) is 1. The average Bonchev–Trinajstić information content (AvgIpc) is 3.36. The number of nitrogens with zero attached hydrogens (tertiary/aromatic N) is 5. The Balaban J connectivity index is 1.52. The van der Waals surface area contributed by atoms with Gasteiger partial charge in [-0.3, -0.25) is 14.5 Å². The summed E-state index contributed by atoms with van der Waals surface area (Å²) in [7, 11) is 1.67. The molecule has 0 spiro atoms. The number of aryl methyl sites for hydroxylation is 1. The predicted octanol–water partition coefficient (Wildman–Crippen LogP) is 2.01. The number of carbonyl (C=O) groups excluding carboxylic acids is 1. The number of aromatic amines is 1. The fraction of sp³-hybridized carbons (Fsp3) is 0.400. The van der Waals surface area contributed by atoms with E-state index in [-0.39, 0.29) is 17.5 Å². The van der Waals surface area contributed by atoms with Gasteiger partial charge in [-0.2, -0.15) is 10.2 Å². The van der Waals surface area contributed by atoms with Gasteiger partial charge in [0.1, 0.15) is 5.82 Å². The summed E-state index contributed by atoms with van der Waals surface area (Å²) in [5.41, 5.74) is 2.48. The summed E-state index contributed by atoms with van der Waals surface area (Å²) >= 11 is 0. The van der Waals surface area contributed by atoms with Gasteiger partial charge in [-0.25, -0.2) is 9.48 Å². The van der Waals surface area contributed by atoms with Crippen LogP contribution < -0.4 is 5.69 Å². The summed E-state index contributed by atoms with van der Waals surface area (Å²) in [4.78, 5) is 27.1. The monoisotopic (exact) mass is 380 g/mol. The lowest BCUT2D eigenvalue weighted by Gasteiger charge is -2.32. The van der Waals surface area contributed by atoms with Crippen molar-refractivity contribution in [2.24, 2.45) is 7.05 Å². The molecule has 1 aliphatic heterocycles. The van der Waals surface area contributed by atoms with Crippen molar-refractivity contribution in [1.82, 2.24) is 29.4 Å². The zero-order valence-corrected chi connectivity index (χ0v) is 16.1. The van der Waals surface area contributed by atoms with Crippen LogP contribution in [0.15, 0.2) is 41.3 Å². The van der Waals surface area contributed by atoms with Gasteiger partial charge >= 0.3 is 5.69 Å². The molecule has 146 valence electrons. The van der Waals surface area contributed by atoms with Gasteiger partial charge in [-0.05, 0) is 43.5 Å². The van der Waals surface area contributed by atoms with Crippen LogP contribution in [0.1, 0.15) is 41.9 Å². The number of rotatable bonds is 4. The second-order valence-corrected chi connectivity index (χ2v) is 7.15. The van der Waals surface area contributed by atoms with Crippen molar-refractivity contribution in [1.29, 1.82) is 0 Å². The number of nitrogens with one attached hydrogen (secondary N) is 1. The number of aromatic nitrogens is 5. The van der Waals surface area contributed by atoms with Gasteiger partial charge in [0.25, 0.3) is 5.91 Å². The average molecular weight is 380 g/mol. The number of piperidine rings is 1. The molecule has 3 heterocycles. The minimum Gasteiger partial charge on any atom is -0.338 e. The zero-order chi connectivity index (χ0) is 19.7. The first-order valence-corrected chi connectivity index (χ1v) is 9.61. The van der Waals surface area contributed by atoms with E-state index >= 15 is 0 Å². The summed E-state index contributed by atoms with van der Waals surface area (Å²) in [5.74, 6) is 0.875. The van der Waals surface area contributed by atoms with Crippen molar-refractivity contribution < 1.29 is 4.79 Å². The largest absolute Gasteiger partial charge is 0.345 e. The number of H-pyrrole nitrogens is 1. The quantitative estimate of drug-likeness (QED) is 0.750. The van der Waals surface area contributed by atoms with Crippen LogP contribution in [0.3, 0.4) is 0 Å². The maximum Gasteiger partial charge on any atom is 0.345 e. The van der Waals surface area contributed by atoms with Gasteiger partial charge < -0.3 is 4.90 Å². The van der Waals surface area contributed by atoms with Gasteiger partial charge in [0.15, 0.2) is 0 Å². The molecular weight excluding hydrogens is 356 g/mol. The van der Waals surface area contributed by atoms with Crippen LogP contribution in [0, 0.1) is 0 Å². The van der Waals surface area contributed by atoms with E-state index in [1.807, 2.05) is 42.2 Å². The number of benzene rings is 1. The van der Waals surface area contributed by atoms with Crippen LogP contribution >= 0.6 is 0 Å². The summed E-state index contributed by atoms with van der Waals surface area (Å²) in [5, 5.41) is 11.3. The summed E-state index contributed by atoms with van der Waals surface area (Å²) in [6.45, 7) is 3.83. The Morgan fingerprint density at radius 2 is 2.04 bits per heavy atom. The third kappa shape index (κ3) is 3.26. The second-order valence-electron chi connectivity index (χ2n) is 7.15. The minimum atomic E-state index is -0.102. The molecule has 1 fully saturated rings. The molecule has 1 amide bonds. The van der Waals surface area contributed by atoms with E-state index in [9.17, 15) is 9.59 Å². The van der Waals surface area contributed by atoms with E-state index in [4.69, 9.17) is 0 Å². The molecule has 28 heavy (non-hydrogen) atoms. The maximum atomic E-state index is 13.0. The molecule has 4 rings (SSSR count). The Bertz CT molecular complexity index is 1020. The van der Waals surface area contributed by atoms with Crippen molar-refractivity contribution in [2.75, 3.05) is 13.1 Å². The number of hydrogen-bond acceptors (Lipinski definition) is 4. The molecule has 1 N–H and O–H groups in total. The van der Waals surface area contributed by atoms with Crippen molar-refractivity contribution in [3.63, 3.8) is 0 Å². The first-order chi connectivity index (χ1) is 13.6. The highest BCUT2D eigenvalue weighted by atomic mass is 16.2. The Kier molecular flexibility index (Phi) is 4.85. The van der Waals surface area contributed by atoms with Crippen LogP contribution in [0.2, 0.25) is 0 Å². The first kappa shape index (κ1) is 18.2. The van der Waals surface area contributed by atoms with Crippen LogP contribution in [-0.2, 0) is 13.6 Å². The van der Waals surface area contributed by atoms with Gasteiger partial charge in [-0.15, -0.1) is 0 Å². The summed E-state index contributed by atoms with van der Waals surface area (Å²) < 4.78 is 3.09. The number of likely N-dealkylation sites (tertiary alicyclic amines) is 1. The molecule has 0 bridgehead atoms. The van der Waals surface area contributed by atoms with Gasteiger partial charge in [0.2, 0.25) is 0 Å². The molecule has 1 saturated heterocycles. The van der Waals surface area contributed by atoms with E-state index in [1.54, 1.807) is 17.8 Å². The highest BCUT2D eigenvalue weighted by molar-refractivity contribution is 5.94. The SMILES string of the molecule is CCn1c([C@H]2CCCN(C(=O)c3ccc(-c4ccn[nH]4)cc3)C2)nn(C)c1=O. The van der Waals surface area contributed by atoms with Gasteiger partial charge in [0.05, 0.1) is 5.69 Å². The number of amides is 1. The fourth-order valence-electron chi connectivity index (χ4n) is 3.89. The van der Waals surface area contributed by atoms with Gasteiger partial charge in [-0.1, -0.05) is 12.1 Å². The summed E-state index contributed by atoms with van der Waals surface area (Å²) in [6, 6.07) is 9.45. The molecule has 0 radical (unpaired) electrons. The molecule has 0 aliphatic carbocycles. The smallest absolute Gasteiger partial charge is 0.338 e. The van der Waals surface area contributed by atoms with Crippen LogP contribution in [0.25, 0.3) is 11.3 Å². The molecule has 8 nitrogen and oxygen atoms in total. The lowest BCUT2D eigenvalue weighted by atomic mass is 9.96. The topological polar surface area (TPSA) is 88.8 Å². The molecule has 1 aromatic carbocycles. The fourth-order valence-corrected chi connectivity index (χ4v) is 3.89. The van der Waals surface area contributed by atoms with E-state index in [1.165, 1.54) is 4.68 Å². The normalized spacial score (nSPS) is 17.1. The number of carbonyl (C=O) groups is 1. The third-order valence-electron chi connectivity index (χ3n) is 5.37. The van der Waals surface area contributed by atoms with Crippen molar-refractivity contribution in [3.05, 3.63) is 58.4 Å². The lowest BCUT2D eigenvalue weighted by molar-refractivity contribution is 0.0703. The van der Waals surface area contributed by atoms with Gasteiger partial charge in [0, 0.05) is 44.4 Å². The Hall–Kier alpha value is -3.16. The summed E-state index contributed by atoms with van der Waals surface area (Å²) in [6.07, 6.45) is 3.53. The Morgan fingerprint density at radius 3 is 2.71 bits per heavy atom. The highest BCUT2D eigenvalue weighted by Crippen LogP contribution is 2.26. The molecule has 1 aliphatic rings. The van der Waals surface area contributed by atoms with E-state index < -0.39 is 0 Å². The van der Waals surface area contributed by atoms with Crippen molar-refractivity contribution >= 4 is 5.91 Å². The highest BCUT2D eigenvalue weighted by Gasteiger charge is 2.29. The maximum absolute atomic E-state index is 13.0. The minimum absolute atomic E-state index is 0.0159. The molecule has 2 aromatic heterocycles. The first-order valence-electron chi connectivity index (χ1n) is 9.61. The van der Waals surface area contributed by atoms with Crippen LogP contribution in [-0.4, -0.2) is 48.4 Å². The molecule has 0 unspecified atom stereocenters.